The van der Waals surface area contributed by atoms with Crippen molar-refractivity contribution in [2.24, 2.45) is 0 Å². The van der Waals surface area contributed by atoms with Crippen LogP contribution in [0, 0.1) is 6.92 Å². The van der Waals surface area contributed by atoms with Gasteiger partial charge in [-0.1, -0.05) is 37.0 Å². The Morgan fingerprint density at radius 1 is 0.952 bits per heavy atom. The Morgan fingerprint density at radius 2 is 1.62 bits per heavy atom. The largest absolute Gasteiger partial charge is 0.370 e. The van der Waals surface area contributed by atoms with E-state index in [0.29, 0.717) is 6.54 Å². The molecule has 0 bridgehead atoms. The highest BCUT2D eigenvalue weighted by molar-refractivity contribution is 7.92. The fraction of sp³-hybridized carbons (Fsp3) is 0.647. The highest BCUT2D eigenvalue weighted by Gasteiger charge is 2.38. The molecule has 4 heteroatoms. The molecule has 21 heavy (non-hydrogen) atoms. The Kier molecular flexibility index (Phi) is 4.25. The van der Waals surface area contributed by atoms with Crippen LogP contribution in [-0.4, -0.2) is 32.0 Å². The van der Waals surface area contributed by atoms with Gasteiger partial charge in [0.1, 0.15) is 0 Å². The van der Waals surface area contributed by atoms with Crippen LogP contribution in [0.5, 0.6) is 0 Å². The molecule has 0 spiro atoms. The van der Waals surface area contributed by atoms with Gasteiger partial charge in [-0.3, -0.25) is 0 Å². The van der Waals surface area contributed by atoms with E-state index >= 15 is 0 Å². The van der Waals surface area contributed by atoms with Crippen LogP contribution in [0.25, 0.3) is 0 Å². The number of hydrogen-bond donors (Lipinski definition) is 0. The van der Waals surface area contributed by atoms with Crippen molar-refractivity contribution in [3.63, 3.8) is 0 Å². The molecular weight excluding hydrogens is 282 g/mol. The highest BCUT2D eigenvalue weighted by Crippen LogP contribution is 2.31. The zero-order chi connectivity index (χ0) is 14.9. The third-order valence-electron chi connectivity index (χ3n) is 5.03. The molecule has 1 saturated carbocycles. The molecule has 1 aromatic carbocycles. The summed E-state index contributed by atoms with van der Waals surface area (Å²) in [6.45, 7) is 3.60. The minimum Gasteiger partial charge on any atom is -0.370 e. The number of hydrogen-bond acceptors (Lipinski definition) is 3. The van der Waals surface area contributed by atoms with Crippen LogP contribution < -0.4 is 4.90 Å². The van der Waals surface area contributed by atoms with Crippen molar-refractivity contribution in [2.45, 2.75) is 55.9 Å². The summed E-state index contributed by atoms with van der Waals surface area (Å²) in [6, 6.07) is 8.40. The molecule has 0 N–H and O–H groups in total. The van der Waals surface area contributed by atoms with Crippen molar-refractivity contribution in [2.75, 3.05) is 18.0 Å². The lowest BCUT2D eigenvalue weighted by molar-refractivity contribution is 0.478. The maximum absolute atomic E-state index is 12.8. The molecule has 116 valence electrons. The summed E-state index contributed by atoms with van der Waals surface area (Å²) in [5.74, 6) is 0. The predicted molar refractivity (Wildman–Crippen MR) is 87.6 cm³/mol. The van der Waals surface area contributed by atoms with E-state index in [9.17, 15) is 8.42 Å². The summed E-state index contributed by atoms with van der Waals surface area (Å²) in [7, 11) is -2.95. The Hall–Kier alpha value is -1.03. The van der Waals surface area contributed by atoms with Crippen LogP contribution in [-0.2, 0) is 9.84 Å². The van der Waals surface area contributed by atoms with Gasteiger partial charge >= 0.3 is 0 Å². The van der Waals surface area contributed by atoms with E-state index in [2.05, 4.69) is 36.1 Å². The van der Waals surface area contributed by atoms with E-state index in [0.717, 1.165) is 44.3 Å². The van der Waals surface area contributed by atoms with Gasteiger partial charge in [0.15, 0.2) is 9.84 Å². The molecule has 1 heterocycles. The predicted octanol–water partition coefficient (Wildman–Crippen LogP) is 3.32. The second-order valence-electron chi connectivity index (χ2n) is 6.54. The average Bonchev–Trinajstić information content (AvgIpc) is 2.99. The zero-order valence-corrected chi connectivity index (χ0v) is 13.6. The first kappa shape index (κ1) is 14.9. The molecule has 0 aromatic heterocycles. The smallest absolute Gasteiger partial charge is 0.157 e. The molecule has 1 unspecified atom stereocenters. The molecule has 1 aliphatic heterocycles. The fourth-order valence-electron chi connectivity index (χ4n) is 3.65. The second kappa shape index (κ2) is 5.99. The van der Waals surface area contributed by atoms with Crippen LogP contribution in [0.2, 0.25) is 0 Å². The summed E-state index contributed by atoms with van der Waals surface area (Å²) in [5.41, 5.74) is 2.39. The highest BCUT2D eigenvalue weighted by atomic mass is 32.2. The summed E-state index contributed by atoms with van der Waals surface area (Å²) in [4.78, 5) is 2.23. The lowest BCUT2D eigenvalue weighted by atomic mass is 10.0. The molecule has 3 rings (SSSR count). The molecule has 1 saturated heterocycles. The summed E-state index contributed by atoms with van der Waals surface area (Å²) in [6.07, 6.45) is 5.90. The first-order chi connectivity index (χ1) is 10.1. The molecule has 1 aliphatic carbocycles. The van der Waals surface area contributed by atoms with Crippen LogP contribution in [0.3, 0.4) is 0 Å². The number of nitrogens with zero attached hydrogens (tertiary/aromatic N) is 1. The number of aryl methyl sites for hydroxylation is 1. The molecule has 2 aliphatic rings. The monoisotopic (exact) mass is 307 g/mol. The molecule has 0 radical (unpaired) electrons. The Morgan fingerprint density at radius 3 is 2.29 bits per heavy atom. The molecule has 0 amide bonds. The van der Waals surface area contributed by atoms with Gasteiger partial charge in [-0.05, 0) is 38.3 Å². The average molecular weight is 307 g/mol. The van der Waals surface area contributed by atoms with E-state index in [1.165, 1.54) is 12.0 Å². The molecular formula is C17H25NO2S. The van der Waals surface area contributed by atoms with Crippen molar-refractivity contribution in [3.8, 4) is 0 Å². The van der Waals surface area contributed by atoms with Crippen LogP contribution >= 0.6 is 0 Å². The quantitative estimate of drug-likeness (QED) is 0.859. The zero-order valence-electron chi connectivity index (χ0n) is 12.8. The van der Waals surface area contributed by atoms with Gasteiger partial charge in [0, 0.05) is 18.8 Å². The Bertz CT molecular complexity index is 573. The number of sulfone groups is 1. The minimum atomic E-state index is -2.95. The van der Waals surface area contributed by atoms with Crippen molar-refractivity contribution < 1.29 is 8.42 Å². The van der Waals surface area contributed by atoms with E-state index < -0.39 is 9.84 Å². The SMILES string of the molecule is Cc1ccc(N2CCC(S(=O)(=O)C3CCCCC3)C2)cc1. The van der Waals surface area contributed by atoms with E-state index in [4.69, 9.17) is 0 Å². The first-order valence-electron chi connectivity index (χ1n) is 8.12. The normalized spacial score (nSPS) is 24.4. The van der Waals surface area contributed by atoms with Gasteiger partial charge in [-0.15, -0.1) is 0 Å². The summed E-state index contributed by atoms with van der Waals surface area (Å²) in [5, 5.41) is -0.240. The third-order valence-corrected chi connectivity index (χ3v) is 7.74. The van der Waals surface area contributed by atoms with Crippen molar-refractivity contribution in [1.82, 2.24) is 0 Å². The first-order valence-corrected chi connectivity index (χ1v) is 9.72. The van der Waals surface area contributed by atoms with E-state index in [1.807, 2.05) is 0 Å². The summed E-state index contributed by atoms with van der Waals surface area (Å²) >= 11 is 0. The van der Waals surface area contributed by atoms with Gasteiger partial charge in [-0.25, -0.2) is 8.42 Å². The van der Waals surface area contributed by atoms with E-state index in [1.54, 1.807) is 0 Å². The fourth-order valence-corrected chi connectivity index (χ4v) is 6.01. The van der Waals surface area contributed by atoms with Crippen LogP contribution in [0.15, 0.2) is 24.3 Å². The number of anilines is 1. The van der Waals surface area contributed by atoms with Crippen LogP contribution in [0.1, 0.15) is 44.1 Å². The van der Waals surface area contributed by atoms with E-state index in [-0.39, 0.29) is 10.5 Å². The standard InChI is InChI=1S/C17H25NO2S/c1-14-7-9-15(10-8-14)18-12-11-17(13-18)21(19,20)16-5-3-2-4-6-16/h7-10,16-17H,2-6,11-13H2,1H3. The van der Waals surface area contributed by atoms with Gasteiger partial charge in [0.2, 0.25) is 0 Å². The van der Waals surface area contributed by atoms with Crippen molar-refractivity contribution in [1.29, 1.82) is 0 Å². The van der Waals surface area contributed by atoms with Gasteiger partial charge in [-0.2, -0.15) is 0 Å². The minimum absolute atomic E-state index is 0.0748. The summed E-state index contributed by atoms with van der Waals surface area (Å²) < 4.78 is 25.6. The second-order valence-corrected chi connectivity index (χ2v) is 9.05. The lowest BCUT2D eigenvalue weighted by Crippen LogP contribution is -2.35. The Balaban J connectivity index is 1.70. The Labute approximate surface area is 128 Å². The van der Waals surface area contributed by atoms with Crippen LogP contribution in [0.4, 0.5) is 5.69 Å². The maximum Gasteiger partial charge on any atom is 0.157 e. The van der Waals surface area contributed by atoms with Gasteiger partial charge < -0.3 is 4.90 Å². The van der Waals surface area contributed by atoms with Gasteiger partial charge in [0.25, 0.3) is 0 Å². The molecule has 1 aromatic rings. The molecule has 1 atom stereocenters. The lowest BCUT2D eigenvalue weighted by Gasteiger charge is -2.25. The van der Waals surface area contributed by atoms with Crippen molar-refractivity contribution in [3.05, 3.63) is 29.8 Å². The topological polar surface area (TPSA) is 37.4 Å². The molecule has 2 fully saturated rings. The maximum atomic E-state index is 12.8. The number of rotatable bonds is 3. The van der Waals surface area contributed by atoms with Gasteiger partial charge in [0.05, 0.1) is 10.5 Å². The molecule has 3 nitrogen and oxygen atoms in total. The number of benzene rings is 1. The third kappa shape index (κ3) is 3.10. The van der Waals surface area contributed by atoms with Crippen molar-refractivity contribution >= 4 is 15.5 Å².